The lowest BCUT2D eigenvalue weighted by atomic mass is 9.80. The molecule has 3 aromatic rings. The summed E-state index contributed by atoms with van der Waals surface area (Å²) in [4.78, 5) is 15.1. The average molecular weight is 605 g/mol. The molecule has 8 heteroatoms. The Hall–Kier alpha value is -3.43. The van der Waals surface area contributed by atoms with Crippen molar-refractivity contribution in [1.82, 2.24) is 10.2 Å². The van der Waals surface area contributed by atoms with Crippen LogP contribution in [0.25, 0.3) is 0 Å². The van der Waals surface area contributed by atoms with Crippen LogP contribution >= 0.6 is 0 Å². The van der Waals surface area contributed by atoms with Crippen LogP contribution in [0.4, 0.5) is 0 Å². The molecular formula is C36H48N2O6. The second-order valence-corrected chi connectivity index (χ2v) is 11.2. The summed E-state index contributed by atoms with van der Waals surface area (Å²) < 4.78 is 29.1. The first-order valence-electron chi connectivity index (χ1n) is 15.6. The van der Waals surface area contributed by atoms with E-state index in [2.05, 4.69) is 17.4 Å². The van der Waals surface area contributed by atoms with Crippen LogP contribution in [0.3, 0.4) is 0 Å². The highest BCUT2D eigenvalue weighted by Crippen LogP contribution is 2.41. The Morgan fingerprint density at radius 1 is 0.795 bits per heavy atom. The summed E-state index contributed by atoms with van der Waals surface area (Å²) in [6.07, 6.45) is 4.28. The molecule has 1 aliphatic heterocycles. The maximum Gasteiger partial charge on any atom is 0.222 e. The maximum atomic E-state index is 13.1. The second-order valence-electron chi connectivity index (χ2n) is 11.2. The van der Waals surface area contributed by atoms with Crippen LogP contribution in [0.15, 0.2) is 78.9 Å². The Bertz CT molecular complexity index is 1200. The van der Waals surface area contributed by atoms with E-state index in [0.29, 0.717) is 32.8 Å². The molecule has 8 nitrogen and oxygen atoms in total. The number of hydrogen-bond donors (Lipinski definition) is 1. The molecule has 1 heterocycles. The molecule has 4 rings (SSSR count). The molecule has 1 aliphatic rings. The minimum absolute atomic E-state index is 0.0426. The molecule has 0 aromatic heterocycles. The molecule has 0 bridgehead atoms. The topological polar surface area (TPSA) is 78.5 Å². The first kappa shape index (κ1) is 33.5. The smallest absolute Gasteiger partial charge is 0.222 e. The predicted octanol–water partition coefficient (Wildman–Crippen LogP) is 5.42. The van der Waals surface area contributed by atoms with Gasteiger partial charge in [0.1, 0.15) is 17.1 Å². The van der Waals surface area contributed by atoms with Gasteiger partial charge in [-0.15, -0.1) is 0 Å². The normalized spacial score (nSPS) is 16.7. The van der Waals surface area contributed by atoms with E-state index in [9.17, 15) is 4.79 Å². The molecule has 0 radical (unpaired) electrons. The van der Waals surface area contributed by atoms with Gasteiger partial charge >= 0.3 is 0 Å². The summed E-state index contributed by atoms with van der Waals surface area (Å²) in [5.41, 5.74) is 2.07. The Kier molecular flexibility index (Phi) is 13.1. The van der Waals surface area contributed by atoms with Crippen molar-refractivity contribution in [2.24, 2.45) is 0 Å². The van der Waals surface area contributed by atoms with Crippen LogP contribution in [0.1, 0.15) is 48.8 Å². The molecule has 0 aliphatic carbocycles. The number of benzene rings is 3. The monoisotopic (exact) mass is 604 g/mol. The molecule has 2 unspecified atom stereocenters. The van der Waals surface area contributed by atoms with E-state index < -0.39 is 5.60 Å². The first-order chi connectivity index (χ1) is 21.5. The molecule has 0 spiro atoms. The van der Waals surface area contributed by atoms with Crippen molar-refractivity contribution in [1.29, 1.82) is 0 Å². The average Bonchev–Trinajstić information content (AvgIpc) is 3.50. The summed E-state index contributed by atoms with van der Waals surface area (Å²) in [6, 6.07) is 26.6. The first-order valence-corrected chi connectivity index (χ1v) is 15.6. The highest BCUT2D eigenvalue weighted by Gasteiger charge is 2.38. The van der Waals surface area contributed by atoms with Crippen molar-refractivity contribution >= 4 is 5.91 Å². The van der Waals surface area contributed by atoms with Crippen LogP contribution in [0.5, 0.6) is 11.5 Å². The van der Waals surface area contributed by atoms with Gasteiger partial charge in [0.25, 0.3) is 0 Å². The van der Waals surface area contributed by atoms with Crippen LogP contribution < -0.4 is 14.8 Å². The van der Waals surface area contributed by atoms with Crippen molar-refractivity contribution in [3.63, 3.8) is 0 Å². The van der Waals surface area contributed by atoms with Gasteiger partial charge in [-0.05, 0) is 67.3 Å². The maximum absolute atomic E-state index is 13.1. The number of amides is 1. The second kappa shape index (κ2) is 17.2. The van der Waals surface area contributed by atoms with Crippen LogP contribution in [0, 0.1) is 0 Å². The summed E-state index contributed by atoms with van der Waals surface area (Å²) in [6.45, 7) is 2.66. The van der Waals surface area contributed by atoms with Crippen molar-refractivity contribution in [2.45, 2.75) is 49.8 Å². The highest BCUT2D eigenvalue weighted by atomic mass is 16.5. The zero-order valence-electron chi connectivity index (χ0n) is 26.6. The summed E-state index contributed by atoms with van der Waals surface area (Å²) in [5, 5.41) is 3.35. The Labute approximate surface area is 262 Å². The molecule has 1 amide bonds. The van der Waals surface area contributed by atoms with Crippen LogP contribution in [0.2, 0.25) is 0 Å². The number of methoxy groups -OCH3 is 3. The fourth-order valence-electron chi connectivity index (χ4n) is 5.98. The number of hydrogen-bond acceptors (Lipinski definition) is 7. The molecule has 1 N–H and O–H groups in total. The standard InChI is InChI=1S/C36H48N2O6/c1-37-31-25-32(38(26-31)35(39)13-9-6-10-22-40-2)27-43-23-24-44-36(28-11-7-5-8-12-28,29-14-18-33(41-3)19-15-29)30-16-20-34(42-4)21-17-30/h5,7-8,11-12,14-21,31-32,37H,6,9-10,13,22-27H2,1-4H3. The van der Waals surface area contributed by atoms with E-state index in [1.165, 1.54) is 0 Å². The fourth-order valence-corrected chi connectivity index (χ4v) is 5.98. The third-order valence-corrected chi connectivity index (χ3v) is 8.41. The summed E-state index contributed by atoms with van der Waals surface area (Å²) in [5.74, 6) is 1.76. The number of nitrogens with zero attached hydrogens (tertiary/aromatic N) is 1. The number of unbranched alkanes of at least 4 members (excludes halogenated alkanes) is 2. The van der Waals surface area contributed by atoms with Crippen LogP contribution in [-0.4, -0.2) is 84.2 Å². The minimum atomic E-state index is -0.890. The quantitative estimate of drug-likeness (QED) is 0.153. The number of carbonyl (C=O) groups is 1. The lowest BCUT2D eigenvalue weighted by Crippen LogP contribution is -2.39. The molecule has 238 valence electrons. The Morgan fingerprint density at radius 2 is 1.41 bits per heavy atom. The summed E-state index contributed by atoms with van der Waals surface area (Å²) in [7, 11) is 6.99. The van der Waals surface area contributed by atoms with Gasteiger partial charge in [-0.25, -0.2) is 0 Å². The number of likely N-dealkylation sites (N-methyl/N-ethyl adjacent to an activating group) is 1. The Balaban J connectivity index is 1.47. The van der Waals surface area contributed by atoms with Gasteiger partial charge in [-0.2, -0.15) is 0 Å². The number of carbonyl (C=O) groups excluding carboxylic acids is 1. The third-order valence-electron chi connectivity index (χ3n) is 8.41. The number of ether oxygens (including phenoxy) is 5. The highest BCUT2D eigenvalue weighted by molar-refractivity contribution is 5.77. The van der Waals surface area contributed by atoms with Gasteiger partial charge in [0.05, 0.1) is 40.1 Å². The van der Waals surface area contributed by atoms with Crippen molar-refractivity contribution in [3.05, 3.63) is 95.6 Å². The molecule has 2 atom stereocenters. The van der Waals surface area contributed by atoms with E-state index in [-0.39, 0.29) is 18.0 Å². The molecule has 3 aromatic carbocycles. The van der Waals surface area contributed by atoms with Gasteiger partial charge in [0.2, 0.25) is 5.91 Å². The van der Waals surface area contributed by atoms with Gasteiger partial charge in [0, 0.05) is 32.7 Å². The molecule has 0 saturated carbocycles. The molecule has 1 saturated heterocycles. The fraction of sp³-hybridized carbons (Fsp3) is 0.472. The van der Waals surface area contributed by atoms with Gasteiger partial charge in [0.15, 0.2) is 0 Å². The van der Waals surface area contributed by atoms with Gasteiger partial charge in [-0.3, -0.25) is 4.79 Å². The third kappa shape index (κ3) is 8.39. The lowest BCUT2D eigenvalue weighted by molar-refractivity contribution is -0.133. The number of rotatable bonds is 18. The van der Waals surface area contributed by atoms with E-state index in [4.69, 9.17) is 23.7 Å². The number of likely N-dealkylation sites (tertiary alicyclic amines) is 1. The van der Waals surface area contributed by atoms with Gasteiger partial charge < -0.3 is 33.9 Å². The lowest BCUT2D eigenvalue weighted by Gasteiger charge is -2.36. The van der Waals surface area contributed by atoms with Crippen molar-refractivity contribution in [2.75, 3.05) is 61.3 Å². The molecule has 44 heavy (non-hydrogen) atoms. The predicted molar refractivity (Wildman–Crippen MR) is 172 cm³/mol. The SMILES string of the molecule is CNC1CC(COCCOC(c2ccccc2)(c2ccc(OC)cc2)c2ccc(OC)cc2)N(C(=O)CCCCCOC)C1. The molecule has 1 fully saturated rings. The largest absolute Gasteiger partial charge is 0.497 e. The van der Waals surface area contributed by atoms with Crippen molar-refractivity contribution < 1.29 is 28.5 Å². The summed E-state index contributed by atoms with van der Waals surface area (Å²) >= 11 is 0. The van der Waals surface area contributed by atoms with Gasteiger partial charge in [-0.1, -0.05) is 61.0 Å². The van der Waals surface area contributed by atoms with Crippen molar-refractivity contribution in [3.8, 4) is 11.5 Å². The van der Waals surface area contributed by atoms with E-state index in [0.717, 1.165) is 60.5 Å². The van der Waals surface area contributed by atoms with Crippen LogP contribution in [-0.2, 0) is 24.6 Å². The van der Waals surface area contributed by atoms with E-state index in [1.54, 1.807) is 21.3 Å². The number of nitrogens with one attached hydrogen (secondary N) is 1. The zero-order chi connectivity index (χ0) is 31.2. The Morgan fingerprint density at radius 3 is 1.98 bits per heavy atom. The van der Waals surface area contributed by atoms with E-state index >= 15 is 0 Å². The molecular weight excluding hydrogens is 556 g/mol. The zero-order valence-corrected chi connectivity index (χ0v) is 26.6. The van der Waals surface area contributed by atoms with E-state index in [1.807, 2.05) is 78.7 Å². The minimum Gasteiger partial charge on any atom is -0.497 e.